The molecule has 0 aliphatic heterocycles. The lowest BCUT2D eigenvalue weighted by atomic mass is 10.3. The summed E-state index contributed by atoms with van der Waals surface area (Å²) < 4.78 is 1.05. The van der Waals surface area contributed by atoms with Gasteiger partial charge in [-0.05, 0) is 51.8 Å². The third kappa shape index (κ3) is 3.00. The third-order valence-corrected chi connectivity index (χ3v) is 4.16. The molecule has 0 fully saturated rings. The molecular formula is C12H11BrN2S. The van der Waals surface area contributed by atoms with Crippen molar-refractivity contribution < 1.29 is 0 Å². The van der Waals surface area contributed by atoms with Gasteiger partial charge < -0.3 is 5.73 Å². The van der Waals surface area contributed by atoms with E-state index in [0.29, 0.717) is 0 Å². The van der Waals surface area contributed by atoms with E-state index in [2.05, 4.69) is 20.9 Å². The highest BCUT2D eigenvalue weighted by Gasteiger charge is 2.01. The Kier molecular flexibility index (Phi) is 3.85. The summed E-state index contributed by atoms with van der Waals surface area (Å²) >= 11 is 5.29. The second-order valence-electron chi connectivity index (χ2n) is 3.33. The molecule has 0 amide bonds. The fourth-order valence-corrected chi connectivity index (χ4v) is 2.89. The fourth-order valence-electron chi connectivity index (χ4n) is 1.27. The summed E-state index contributed by atoms with van der Waals surface area (Å²) in [6, 6.07) is 9.93. The molecule has 4 heteroatoms. The first kappa shape index (κ1) is 11.5. The van der Waals surface area contributed by atoms with Crippen molar-refractivity contribution in [3.05, 3.63) is 52.8 Å². The zero-order valence-electron chi connectivity index (χ0n) is 8.56. The molecule has 0 radical (unpaired) electrons. The number of benzene rings is 1. The topological polar surface area (TPSA) is 38.9 Å². The van der Waals surface area contributed by atoms with Crippen molar-refractivity contribution in [2.45, 2.75) is 10.6 Å². The normalized spacial score (nSPS) is 10.3. The van der Waals surface area contributed by atoms with Gasteiger partial charge in [-0.2, -0.15) is 0 Å². The van der Waals surface area contributed by atoms with E-state index in [1.807, 2.05) is 42.7 Å². The van der Waals surface area contributed by atoms with Gasteiger partial charge in [0.15, 0.2) is 0 Å². The molecule has 16 heavy (non-hydrogen) atoms. The van der Waals surface area contributed by atoms with Gasteiger partial charge in [0.05, 0.1) is 0 Å². The van der Waals surface area contributed by atoms with E-state index < -0.39 is 0 Å². The molecule has 0 saturated carbocycles. The molecule has 0 aliphatic carbocycles. The highest BCUT2D eigenvalue weighted by Crippen LogP contribution is 2.31. The van der Waals surface area contributed by atoms with Gasteiger partial charge >= 0.3 is 0 Å². The van der Waals surface area contributed by atoms with Crippen molar-refractivity contribution >= 4 is 33.4 Å². The lowest BCUT2D eigenvalue weighted by Crippen LogP contribution is -1.86. The van der Waals surface area contributed by atoms with Crippen molar-refractivity contribution in [3.63, 3.8) is 0 Å². The van der Waals surface area contributed by atoms with Crippen LogP contribution >= 0.6 is 27.7 Å². The maximum Gasteiger partial charge on any atom is 0.0331 e. The number of anilines is 1. The van der Waals surface area contributed by atoms with Crippen LogP contribution in [0.4, 0.5) is 5.69 Å². The van der Waals surface area contributed by atoms with Gasteiger partial charge in [0, 0.05) is 33.2 Å². The smallest absolute Gasteiger partial charge is 0.0331 e. The van der Waals surface area contributed by atoms with Crippen LogP contribution in [0.3, 0.4) is 0 Å². The average Bonchev–Trinajstić information content (AvgIpc) is 2.29. The second kappa shape index (κ2) is 5.37. The summed E-state index contributed by atoms with van der Waals surface area (Å²) in [6.45, 7) is 0. The van der Waals surface area contributed by atoms with Crippen LogP contribution in [0.5, 0.6) is 0 Å². The number of nitrogens with two attached hydrogens (primary N) is 1. The molecular weight excluding hydrogens is 284 g/mol. The van der Waals surface area contributed by atoms with Gasteiger partial charge in [-0.1, -0.05) is 0 Å². The Morgan fingerprint density at radius 3 is 2.62 bits per heavy atom. The molecule has 82 valence electrons. The van der Waals surface area contributed by atoms with Crippen LogP contribution in [-0.2, 0) is 5.75 Å². The van der Waals surface area contributed by atoms with E-state index in [1.165, 1.54) is 10.5 Å². The van der Waals surface area contributed by atoms with Crippen molar-refractivity contribution in [1.82, 2.24) is 4.98 Å². The number of nitrogens with zero attached hydrogens (tertiary/aromatic N) is 1. The molecule has 0 saturated heterocycles. The van der Waals surface area contributed by atoms with Gasteiger partial charge in [0.2, 0.25) is 0 Å². The standard InChI is InChI=1S/C12H11BrN2S/c13-11-7-10(14)1-2-12(11)16-8-9-3-5-15-6-4-9/h1-7H,8,14H2. The van der Waals surface area contributed by atoms with Gasteiger partial charge in [-0.25, -0.2) is 0 Å². The number of thioether (sulfide) groups is 1. The molecule has 0 unspecified atom stereocenters. The zero-order chi connectivity index (χ0) is 11.4. The molecule has 1 heterocycles. The van der Waals surface area contributed by atoms with Crippen molar-refractivity contribution in [3.8, 4) is 0 Å². The molecule has 0 spiro atoms. The molecule has 0 bridgehead atoms. The van der Waals surface area contributed by atoms with Crippen LogP contribution in [0.1, 0.15) is 5.56 Å². The van der Waals surface area contributed by atoms with Crippen LogP contribution in [0.2, 0.25) is 0 Å². The van der Waals surface area contributed by atoms with E-state index in [4.69, 9.17) is 5.73 Å². The fraction of sp³-hybridized carbons (Fsp3) is 0.0833. The number of halogens is 1. The molecule has 0 aliphatic rings. The maximum absolute atomic E-state index is 5.69. The largest absolute Gasteiger partial charge is 0.399 e. The van der Waals surface area contributed by atoms with Gasteiger partial charge in [0.25, 0.3) is 0 Å². The maximum atomic E-state index is 5.69. The highest BCUT2D eigenvalue weighted by molar-refractivity contribution is 9.10. The Hall–Kier alpha value is -1.00. The van der Waals surface area contributed by atoms with E-state index in [1.54, 1.807) is 11.8 Å². The first-order valence-corrected chi connectivity index (χ1v) is 6.60. The first-order valence-electron chi connectivity index (χ1n) is 4.82. The number of nitrogen functional groups attached to an aromatic ring is 1. The molecule has 2 N–H and O–H groups in total. The number of pyridine rings is 1. The minimum absolute atomic E-state index is 0.778. The van der Waals surface area contributed by atoms with E-state index in [-0.39, 0.29) is 0 Å². The minimum atomic E-state index is 0.778. The Balaban J connectivity index is 2.05. The van der Waals surface area contributed by atoms with Crippen LogP contribution in [0.15, 0.2) is 52.1 Å². The minimum Gasteiger partial charge on any atom is -0.399 e. The Morgan fingerprint density at radius 1 is 1.19 bits per heavy atom. The summed E-state index contributed by atoms with van der Waals surface area (Å²) in [6.07, 6.45) is 3.63. The molecule has 1 aromatic carbocycles. The lowest BCUT2D eigenvalue weighted by molar-refractivity contribution is 1.27. The van der Waals surface area contributed by atoms with Crippen LogP contribution < -0.4 is 5.73 Å². The summed E-state index contributed by atoms with van der Waals surface area (Å²) in [7, 11) is 0. The quantitative estimate of drug-likeness (QED) is 0.693. The Morgan fingerprint density at radius 2 is 1.94 bits per heavy atom. The van der Waals surface area contributed by atoms with Crippen LogP contribution in [0, 0.1) is 0 Å². The third-order valence-electron chi connectivity index (χ3n) is 2.10. The summed E-state index contributed by atoms with van der Waals surface area (Å²) in [4.78, 5) is 5.19. The van der Waals surface area contributed by atoms with E-state index in [9.17, 15) is 0 Å². The lowest BCUT2D eigenvalue weighted by Gasteiger charge is -2.05. The molecule has 2 rings (SSSR count). The number of hydrogen-bond acceptors (Lipinski definition) is 3. The van der Waals surface area contributed by atoms with Gasteiger partial charge in [-0.3, -0.25) is 4.98 Å². The first-order chi connectivity index (χ1) is 7.75. The summed E-state index contributed by atoms with van der Waals surface area (Å²) in [5.41, 5.74) is 7.73. The molecule has 2 nitrogen and oxygen atoms in total. The average molecular weight is 295 g/mol. The van der Waals surface area contributed by atoms with E-state index in [0.717, 1.165) is 15.9 Å². The molecule has 0 atom stereocenters. The van der Waals surface area contributed by atoms with Gasteiger partial charge in [-0.15, -0.1) is 11.8 Å². The summed E-state index contributed by atoms with van der Waals surface area (Å²) in [5.74, 6) is 0.936. The van der Waals surface area contributed by atoms with Crippen molar-refractivity contribution in [2.75, 3.05) is 5.73 Å². The number of aromatic nitrogens is 1. The Bertz CT molecular complexity index is 474. The van der Waals surface area contributed by atoms with Crippen molar-refractivity contribution in [2.24, 2.45) is 0 Å². The SMILES string of the molecule is Nc1ccc(SCc2ccncc2)c(Br)c1. The molecule has 1 aromatic heterocycles. The molecule has 2 aromatic rings. The number of rotatable bonds is 3. The van der Waals surface area contributed by atoms with Crippen LogP contribution in [-0.4, -0.2) is 4.98 Å². The monoisotopic (exact) mass is 294 g/mol. The van der Waals surface area contributed by atoms with Gasteiger partial charge in [0.1, 0.15) is 0 Å². The second-order valence-corrected chi connectivity index (χ2v) is 5.21. The highest BCUT2D eigenvalue weighted by atomic mass is 79.9. The van der Waals surface area contributed by atoms with E-state index >= 15 is 0 Å². The predicted molar refractivity (Wildman–Crippen MR) is 72.4 cm³/mol. The predicted octanol–water partition coefficient (Wildman–Crippen LogP) is 3.72. The Labute approximate surface area is 107 Å². The summed E-state index contributed by atoms with van der Waals surface area (Å²) in [5, 5.41) is 0. The van der Waals surface area contributed by atoms with Crippen molar-refractivity contribution in [1.29, 1.82) is 0 Å². The van der Waals surface area contributed by atoms with Crippen LogP contribution in [0.25, 0.3) is 0 Å². The zero-order valence-corrected chi connectivity index (χ0v) is 11.0. The number of hydrogen-bond donors (Lipinski definition) is 1.